The number of amidine groups is 1. The first kappa shape index (κ1) is 17.0. The van der Waals surface area contributed by atoms with Gasteiger partial charge in [0, 0.05) is 12.3 Å². The minimum Gasteiger partial charge on any atom is -0.476 e. The number of hydrogen-bond acceptors (Lipinski definition) is 7. The van der Waals surface area contributed by atoms with Crippen molar-refractivity contribution in [1.29, 1.82) is 0 Å². The van der Waals surface area contributed by atoms with Crippen LogP contribution in [0.4, 0.5) is 0 Å². The fourth-order valence-electron chi connectivity index (χ4n) is 2.57. The Morgan fingerprint density at radius 2 is 2.24 bits per heavy atom. The van der Waals surface area contributed by atoms with Crippen LogP contribution in [0.15, 0.2) is 58.1 Å². The first-order valence-electron chi connectivity index (χ1n) is 8.11. The SMILES string of the molecule is Cc1cccnc1CN1C(OC[C@H](C)O)=CC(N)=NC1c1ccco1. The second-order valence-electron chi connectivity index (χ2n) is 5.98. The molecule has 1 unspecified atom stereocenters. The average molecular weight is 342 g/mol. The summed E-state index contributed by atoms with van der Waals surface area (Å²) >= 11 is 0. The fourth-order valence-corrected chi connectivity index (χ4v) is 2.57. The van der Waals surface area contributed by atoms with Crippen molar-refractivity contribution in [2.45, 2.75) is 32.7 Å². The molecule has 7 nitrogen and oxygen atoms in total. The molecule has 0 spiro atoms. The number of aliphatic imine (C=N–C) groups is 1. The predicted octanol–water partition coefficient (Wildman–Crippen LogP) is 2.09. The van der Waals surface area contributed by atoms with Crippen LogP contribution in [0.3, 0.4) is 0 Å². The van der Waals surface area contributed by atoms with Crippen LogP contribution in [0.1, 0.15) is 30.1 Å². The zero-order valence-corrected chi connectivity index (χ0v) is 14.3. The molecular formula is C18H22N4O3. The van der Waals surface area contributed by atoms with Crippen molar-refractivity contribution in [1.82, 2.24) is 9.88 Å². The van der Waals surface area contributed by atoms with E-state index in [0.717, 1.165) is 11.3 Å². The largest absolute Gasteiger partial charge is 0.476 e. The average Bonchev–Trinajstić information content (AvgIpc) is 3.10. The molecule has 0 radical (unpaired) electrons. The summed E-state index contributed by atoms with van der Waals surface area (Å²) in [5.41, 5.74) is 7.93. The van der Waals surface area contributed by atoms with Gasteiger partial charge in [-0.2, -0.15) is 0 Å². The quantitative estimate of drug-likeness (QED) is 0.834. The summed E-state index contributed by atoms with van der Waals surface area (Å²) < 4.78 is 11.3. The third-order valence-corrected chi connectivity index (χ3v) is 3.83. The Morgan fingerprint density at radius 1 is 1.40 bits per heavy atom. The van der Waals surface area contributed by atoms with Crippen LogP contribution >= 0.6 is 0 Å². The maximum atomic E-state index is 9.56. The highest BCUT2D eigenvalue weighted by Gasteiger charge is 2.30. The van der Waals surface area contributed by atoms with Crippen LogP contribution in [0.25, 0.3) is 0 Å². The van der Waals surface area contributed by atoms with Gasteiger partial charge in [0.25, 0.3) is 0 Å². The number of nitrogens with zero attached hydrogens (tertiary/aromatic N) is 3. The molecule has 7 heteroatoms. The summed E-state index contributed by atoms with van der Waals surface area (Å²) in [6.45, 7) is 4.30. The third-order valence-electron chi connectivity index (χ3n) is 3.83. The second kappa shape index (κ2) is 7.40. The number of aryl methyl sites for hydroxylation is 1. The van der Waals surface area contributed by atoms with E-state index in [2.05, 4.69) is 9.98 Å². The number of pyridine rings is 1. The molecule has 3 rings (SSSR count). The second-order valence-corrected chi connectivity index (χ2v) is 5.98. The Balaban J connectivity index is 1.94. The van der Waals surface area contributed by atoms with Gasteiger partial charge in [-0.25, -0.2) is 4.99 Å². The Bertz CT molecular complexity index is 768. The maximum absolute atomic E-state index is 9.56. The summed E-state index contributed by atoms with van der Waals surface area (Å²) in [7, 11) is 0. The minimum absolute atomic E-state index is 0.154. The maximum Gasteiger partial charge on any atom is 0.195 e. The van der Waals surface area contributed by atoms with Gasteiger partial charge in [0.05, 0.1) is 24.6 Å². The van der Waals surface area contributed by atoms with Crippen LogP contribution in [0.2, 0.25) is 0 Å². The van der Waals surface area contributed by atoms with Gasteiger partial charge in [-0.1, -0.05) is 6.07 Å². The first-order chi connectivity index (χ1) is 12.0. The van der Waals surface area contributed by atoms with Crippen molar-refractivity contribution in [3.63, 3.8) is 0 Å². The van der Waals surface area contributed by atoms with Gasteiger partial charge in [-0.05, 0) is 37.6 Å². The zero-order valence-electron chi connectivity index (χ0n) is 14.3. The predicted molar refractivity (Wildman–Crippen MR) is 93.3 cm³/mol. The molecule has 0 aromatic carbocycles. The van der Waals surface area contributed by atoms with Crippen molar-refractivity contribution < 1.29 is 14.3 Å². The van der Waals surface area contributed by atoms with Gasteiger partial charge < -0.3 is 24.9 Å². The van der Waals surface area contributed by atoms with E-state index < -0.39 is 12.3 Å². The van der Waals surface area contributed by atoms with Crippen molar-refractivity contribution in [3.8, 4) is 0 Å². The molecular weight excluding hydrogens is 320 g/mol. The number of rotatable bonds is 6. The van der Waals surface area contributed by atoms with E-state index in [1.807, 2.05) is 30.0 Å². The smallest absolute Gasteiger partial charge is 0.195 e. The minimum atomic E-state index is -0.596. The Hall–Kier alpha value is -2.80. The van der Waals surface area contributed by atoms with Gasteiger partial charge >= 0.3 is 0 Å². The molecule has 3 heterocycles. The molecule has 25 heavy (non-hydrogen) atoms. The molecule has 1 aliphatic heterocycles. The zero-order chi connectivity index (χ0) is 17.8. The van der Waals surface area contributed by atoms with Gasteiger partial charge in [0.2, 0.25) is 0 Å². The summed E-state index contributed by atoms with van der Waals surface area (Å²) in [4.78, 5) is 10.9. The Kier molecular flexibility index (Phi) is 5.04. The topological polar surface area (TPSA) is 97.1 Å². The van der Waals surface area contributed by atoms with E-state index in [0.29, 0.717) is 24.0 Å². The molecule has 0 saturated carbocycles. The number of hydrogen-bond donors (Lipinski definition) is 2. The van der Waals surface area contributed by atoms with Crippen LogP contribution in [-0.4, -0.2) is 33.5 Å². The lowest BCUT2D eigenvalue weighted by molar-refractivity contribution is 0.0247. The van der Waals surface area contributed by atoms with E-state index >= 15 is 0 Å². The molecule has 2 atom stereocenters. The molecule has 2 aromatic rings. The van der Waals surface area contributed by atoms with Crippen LogP contribution in [0, 0.1) is 6.92 Å². The Morgan fingerprint density at radius 3 is 2.92 bits per heavy atom. The lowest BCUT2D eigenvalue weighted by Gasteiger charge is -2.34. The lowest BCUT2D eigenvalue weighted by Crippen LogP contribution is -2.35. The summed E-state index contributed by atoms with van der Waals surface area (Å²) in [6.07, 6.45) is 3.96. The van der Waals surface area contributed by atoms with E-state index in [1.54, 1.807) is 31.5 Å². The van der Waals surface area contributed by atoms with E-state index in [4.69, 9.17) is 14.9 Å². The first-order valence-corrected chi connectivity index (χ1v) is 8.11. The number of furan rings is 1. The van der Waals surface area contributed by atoms with Crippen molar-refractivity contribution >= 4 is 5.84 Å². The van der Waals surface area contributed by atoms with Crippen molar-refractivity contribution in [3.05, 3.63) is 65.7 Å². The molecule has 132 valence electrons. The molecule has 0 amide bonds. The molecule has 0 aliphatic carbocycles. The normalized spacial score (nSPS) is 18.5. The van der Waals surface area contributed by atoms with Gasteiger partial charge in [0.15, 0.2) is 12.0 Å². The standard InChI is InChI=1S/C18H22N4O3/c1-12-5-3-7-20-14(12)10-22-17(25-11-13(2)23)9-16(19)21-18(22)15-6-4-8-24-15/h3-9,13,18,23H,10-11H2,1-2H3,(H2,19,21)/t13-,18?/m0/s1. The number of nitrogens with two attached hydrogens (primary N) is 1. The fraction of sp³-hybridized carbons (Fsp3) is 0.333. The van der Waals surface area contributed by atoms with Crippen LogP contribution in [-0.2, 0) is 11.3 Å². The molecule has 1 aliphatic rings. The molecule has 3 N–H and O–H groups in total. The van der Waals surface area contributed by atoms with E-state index in [1.165, 1.54) is 0 Å². The van der Waals surface area contributed by atoms with Crippen molar-refractivity contribution in [2.24, 2.45) is 10.7 Å². The summed E-state index contributed by atoms with van der Waals surface area (Å²) in [5.74, 6) is 1.53. The van der Waals surface area contributed by atoms with Gasteiger partial charge in [0.1, 0.15) is 18.2 Å². The number of aromatic nitrogens is 1. The summed E-state index contributed by atoms with van der Waals surface area (Å²) in [5, 5.41) is 9.56. The van der Waals surface area contributed by atoms with Gasteiger partial charge in [-0.3, -0.25) is 4.98 Å². The van der Waals surface area contributed by atoms with Crippen LogP contribution in [0.5, 0.6) is 0 Å². The highest BCUT2D eigenvalue weighted by molar-refractivity contribution is 5.92. The van der Waals surface area contributed by atoms with Crippen molar-refractivity contribution in [2.75, 3.05) is 6.61 Å². The van der Waals surface area contributed by atoms with Gasteiger partial charge in [-0.15, -0.1) is 0 Å². The number of aliphatic hydroxyl groups is 1. The summed E-state index contributed by atoms with van der Waals surface area (Å²) in [6, 6.07) is 7.55. The monoisotopic (exact) mass is 342 g/mol. The highest BCUT2D eigenvalue weighted by atomic mass is 16.5. The third kappa shape index (κ3) is 4.00. The van der Waals surface area contributed by atoms with Crippen LogP contribution < -0.4 is 5.73 Å². The number of ether oxygens (including phenoxy) is 1. The lowest BCUT2D eigenvalue weighted by atomic mass is 10.2. The molecule has 2 aromatic heterocycles. The molecule has 0 saturated heterocycles. The molecule has 0 fully saturated rings. The molecule has 0 bridgehead atoms. The Labute approximate surface area is 146 Å². The van der Waals surface area contributed by atoms with E-state index in [-0.39, 0.29) is 6.61 Å². The number of aliphatic hydroxyl groups excluding tert-OH is 1. The highest BCUT2D eigenvalue weighted by Crippen LogP contribution is 2.32. The van der Waals surface area contributed by atoms with E-state index in [9.17, 15) is 5.11 Å².